The van der Waals surface area contributed by atoms with E-state index in [0.717, 1.165) is 37.6 Å². The van der Waals surface area contributed by atoms with E-state index in [-0.39, 0.29) is 0 Å². The number of hydrogen-bond acceptors (Lipinski definition) is 2. The largest absolute Gasteiger partial charge is 0.490 e. The molecule has 0 radical (unpaired) electrons. The van der Waals surface area contributed by atoms with Crippen LogP contribution in [-0.2, 0) is 0 Å². The Kier molecular flexibility index (Phi) is 21.1. The molecule has 0 spiro atoms. The van der Waals surface area contributed by atoms with E-state index in [9.17, 15) is 0 Å². The second-order valence-electron chi connectivity index (χ2n) is 10.9. The molecule has 0 atom stereocenters. The lowest BCUT2D eigenvalue weighted by molar-refractivity contribution is 0.258. The SMILES string of the molecule is CCCCCCCCCCCCOc1ccc(C(C)C)cc1OCCCCCCCCCCCC. The van der Waals surface area contributed by atoms with E-state index in [0.29, 0.717) is 5.92 Å². The molecular formula is C33H60O2. The molecule has 0 heterocycles. The van der Waals surface area contributed by atoms with Crippen molar-refractivity contribution in [2.45, 2.75) is 162 Å². The van der Waals surface area contributed by atoms with E-state index in [1.165, 1.54) is 121 Å². The van der Waals surface area contributed by atoms with Gasteiger partial charge < -0.3 is 9.47 Å². The molecule has 0 saturated heterocycles. The second kappa shape index (κ2) is 23.2. The molecule has 0 amide bonds. The number of unbranched alkanes of at least 4 members (excludes halogenated alkanes) is 18. The van der Waals surface area contributed by atoms with Gasteiger partial charge in [-0.3, -0.25) is 0 Å². The standard InChI is InChI=1S/C33H60O2/c1-5-7-9-11-13-15-17-19-21-23-27-34-32-26-25-31(30(3)4)29-33(32)35-28-24-22-20-18-16-14-12-10-8-6-2/h25-26,29-30H,5-24,27-28H2,1-4H3. The molecule has 0 N–H and O–H groups in total. The fourth-order valence-corrected chi connectivity index (χ4v) is 4.66. The van der Waals surface area contributed by atoms with Crippen LogP contribution in [0.2, 0.25) is 0 Å². The third-order valence-electron chi connectivity index (χ3n) is 7.15. The van der Waals surface area contributed by atoms with Gasteiger partial charge in [-0.25, -0.2) is 0 Å². The molecule has 204 valence electrons. The molecular weight excluding hydrogens is 428 g/mol. The molecule has 0 aliphatic heterocycles. The normalized spacial score (nSPS) is 11.3. The number of hydrogen-bond donors (Lipinski definition) is 0. The topological polar surface area (TPSA) is 18.5 Å². The maximum absolute atomic E-state index is 6.23. The van der Waals surface area contributed by atoms with Gasteiger partial charge in [0.1, 0.15) is 0 Å². The van der Waals surface area contributed by atoms with Gasteiger partial charge in [0, 0.05) is 0 Å². The van der Waals surface area contributed by atoms with Crippen molar-refractivity contribution < 1.29 is 9.47 Å². The fourth-order valence-electron chi connectivity index (χ4n) is 4.66. The molecule has 0 fully saturated rings. The van der Waals surface area contributed by atoms with Gasteiger partial charge in [0.05, 0.1) is 13.2 Å². The summed E-state index contributed by atoms with van der Waals surface area (Å²) in [5.74, 6) is 2.38. The first kappa shape index (κ1) is 31.8. The first-order valence-corrected chi connectivity index (χ1v) is 15.6. The maximum Gasteiger partial charge on any atom is 0.161 e. The van der Waals surface area contributed by atoms with Gasteiger partial charge in [0.15, 0.2) is 11.5 Å². The lowest BCUT2D eigenvalue weighted by Gasteiger charge is -2.15. The highest BCUT2D eigenvalue weighted by molar-refractivity contribution is 5.43. The van der Waals surface area contributed by atoms with Crippen LogP contribution in [0.3, 0.4) is 0 Å². The molecule has 2 heteroatoms. The Morgan fingerprint density at radius 2 is 0.857 bits per heavy atom. The molecule has 0 aromatic heterocycles. The molecule has 35 heavy (non-hydrogen) atoms. The van der Waals surface area contributed by atoms with Crippen LogP contribution in [-0.4, -0.2) is 13.2 Å². The third kappa shape index (κ3) is 17.8. The van der Waals surface area contributed by atoms with Gasteiger partial charge in [-0.2, -0.15) is 0 Å². The predicted octanol–water partition coefficient (Wildman–Crippen LogP) is 11.4. The predicted molar refractivity (Wildman–Crippen MR) is 155 cm³/mol. The van der Waals surface area contributed by atoms with E-state index in [2.05, 4.69) is 45.9 Å². The monoisotopic (exact) mass is 488 g/mol. The van der Waals surface area contributed by atoms with Crippen LogP contribution in [0.15, 0.2) is 18.2 Å². The Morgan fingerprint density at radius 1 is 0.486 bits per heavy atom. The van der Waals surface area contributed by atoms with Crippen molar-refractivity contribution >= 4 is 0 Å². The van der Waals surface area contributed by atoms with E-state index >= 15 is 0 Å². The summed E-state index contributed by atoms with van der Waals surface area (Å²) >= 11 is 0. The number of ether oxygens (including phenoxy) is 2. The van der Waals surface area contributed by atoms with Crippen molar-refractivity contribution in [1.29, 1.82) is 0 Å². The molecule has 0 unspecified atom stereocenters. The van der Waals surface area contributed by atoms with Crippen LogP contribution in [0, 0.1) is 0 Å². The minimum absolute atomic E-state index is 0.505. The summed E-state index contributed by atoms with van der Waals surface area (Å²) in [5.41, 5.74) is 1.33. The lowest BCUT2D eigenvalue weighted by atomic mass is 10.0. The van der Waals surface area contributed by atoms with E-state index in [4.69, 9.17) is 9.47 Å². The molecule has 1 aromatic rings. The summed E-state index contributed by atoms with van der Waals surface area (Å²) in [6, 6.07) is 6.53. The first-order valence-electron chi connectivity index (χ1n) is 15.6. The average Bonchev–Trinajstić information content (AvgIpc) is 2.86. The van der Waals surface area contributed by atoms with Crippen LogP contribution < -0.4 is 9.47 Å². The quantitative estimate of drug-likeness (QED) is 0.127. The Morgan fingerprint density at radius 3 is 1.26 bits per heavy atom. The molecule has 0 aliphatic rings. The van der Waals surface area contributed by atoms with Gasteiger partial charge in [0.25, 0.3) is 0 Å². The zero-order valence-corrected chi connectivity index (χ0v) is 24.2. The minimum Gasteiger partial charge on any atom is -0.490 e. The average molecular weight is 489 g/mol. The molecule has 1 rings (SSSR count). The summed E-state index contributed by atoms with van der Waals surface area (Å²) in [7, 11) is 0. The van der Waals surface area contributed by atoms with Crippen molar-refractivity contribution in [3.63, 3.8) is 0 Å². The highest BCUT2D eigenvalue weighted by atomic mass is 16.5. The van der Waals surface area contributed by atoms with Crippen LogP contribution in [0.1, 0.15) is 168 Å². The molecule has 1 aromatic carbocycles. The summed E-state index contributed by atoms with van der Waals surface area (Å²) < 4.78 is 12.4. The first-order chi connectivity index (χ1) is 17.2. The summed E-state index contributed by atoms with van der Waals surface area (Å²) in [6.45, 7) is 10.7. The molecule has 0 aliphatic carbocycles. The molecule has 0 bridgehead atoms. The summed E-state index contributed by atoms with van der Waals surface area (Å²) in [6.07, 6.45) is 27.1. The molecule has 2 nitrogen and oxygen atoms in total. The highest BCUT2D eigenvalue weighted by Gasteiger charge is 2.09. The Bertz CT molecular complexity index is 580. The van der Waals surface area contributed by atoms with Crippen molar-refractivity contribution in [3.05, 3.63) is 23.8 Å². The second-order valence-corrected chi connectivity index (χ2v) is 10.9. The minimum atomic E-state index is 0.505. The van der Waals surface area contributed by atoms with E-state index < -0.39 is 0 Å². The zero-order valence-electron chi connectivity index (χ0n) is 24.2. The van der Waals surface area contributed by atoms with Gasteiger partial charge in [-0.1, -0.05) is 149 Å². The van der Waals surface area contributed by atoms with Crippen molar-refractivity contribution in [2.75, 3.05) is 13.2 Å². The van der Waals surface area contributed by atoms with Crippen molar-refractivity contribution in [2.24, 2.45) is 0 Å². The van der Waals surface area contributed by atoms with Crippen LogP contribution in [0.4, 0.5) is 0 Å². The van der Waals surface area contributed by atoms with Gasteiger partial charge in [-0.05, 0) is 36.5 Å². The van der Waals surface area contributed by atoms with Gasteiger partial charge >= 0.3 is 0 Å². The number of benzene rings is 1. The Labute approximate surface area is 220 Å². The van der Waals surface area contributed by atoms with Crippen LogP contribution >= 0.6 is 0 Å². The zero-order chi connectivity index (χ0) is 25.4. The van der Waals surface area contributed by atoms with Gasteiger partial charge in [0.2, 0.25) is 0 Å². The fraction of sp³-hybridized carbons (Fsp3) is 0.818. The highest BCUT2D eigenvalue weighted by Crippen LogP contribution is 2.31. The van der Waals surface area contributed by atoms with Gasteiger partial charge in [-0.15, -0.1) is 0 Å². The summed E-state index contributed by atoms with van der Waals surface area (Å²) in [5, 5.41) is 0. The number of rotatable bonds is 25. The van der Waals surface area contributed by atoms with Crippen molar-refractivity contribution in [1.82, 2.24) is 0 Å². The van der Waals surface area contributed by atoms with Crippen LogP contribution in [0.25, 0.3) is 0 Å². The maximum atomic E-state index is 6.23. The Hall–Kier alpha value is -1.18. The Balaban J connectivity index is 2.21. The van der Waals surface area contributed by atoms with Crippen molar-refractivity contribution in [3.8, 4) is 11.5 Å². The smallest absolute Gasteiger partial charge is 0.161 e. The van der Waals surface area contributed by atoms with E-state index in [1.54, 1.807) is 0 Å². The molecule has 0 saturated carbocycles. The third-order valence-corrected chi connectivity index (χ3v) is 7.15. The van der Waals surface area contributed by atoms with E-state index in [1.807, 2.05) is 0 Å². The lowest BCUT2D eigenvalue weighted by Crippen LogP contribution is -2.04. The summed E-state index contributed by atoms with van der Waals surface area (Å²) in [4.78, 5) is 0. The van der Waals surface area contributed by atoms with Crippen LogP contribution in [0.5, 0.6) is 11.5 Å².